The van der Waals surface area contributed by atoms with E-state index >= 15 is 0 Å². The molecule has 10 heteroatoms. The summed E-state index contributed by atoms with van der Waals surface area (Å²) in [5.41, 5.74) is 0. The van der Waals surface area contributed by atoms with Gasteiger partial charge < -0.3 is 0 Å². The Bertz CT molecular complexity index is 430. The number of allylic oxidation sites excluding steroid dienone is 1. The number of rotatable bonds is 1. The maximum Gasteiger partial charge on any atom is 0.367 e. The van der Waals surface area contributed by atoms with Gasteiger partial charge >= 0.3 is 27.0 Å². The van der Waals surface area contributed by atoms with Gasteiger partial charge in [0.05, 0.1) is 0 Å². The minimum absolute atomic E-state index is 0.384. The van der Waals surface area contributed by atoms with E-state index in [-0.39, 0.29) is 6.08 Å². The van der Waals surface area contributed by atoms with Gasteiger partial charge in [0.1, 0.15) is 0 Å². The topological polar surface area (TPSA) is 54.4 Å². The largest absolute Gasteiger partial charge is 0.367 e. The maximum atomic E-state index is 13.2. The van der Waals surface area contributed by atoms with E-state index in [1.165, 1.54) is 0 Å². The molecule has 1 N–H and O–H groups in total. The molecule has 0 aliphatic heterocycles. The van der Waals surface area contributed by atoms with Crippen LogP contribution < -0.4 is 0 Å². The molecule has 0 saturated carbocycles. The molecule has 0 aromatic heterocycles. The summed E-state index contributed by atoms with van der Waals surface area (Å²) in [4.78, 5) is 0. The molecular formula is C6H4F6O3S. The molecule has 0 spiro atoms. The molecule has 0 aromatic carbocycles. The van der Waals surface area contributed by atoms with Crippen molar-refractivity contribution in [3.05, 3.63) is 12.2 Å². The lowest BCUT2D eigenvalue weighted by Crippen LogP contribution is -2.64. The molecular weight excluding hydrogens is 266 g/mol. The quantitative estimate of drug-likeness (QED) is 0.448. The number of alkyl halides is 6. The van der Waals surface area contributed by atoms with E-state index in [9.17, 15) is 34.8 Å². The van der Waals surface area contributed by atoms with Gasteiger partial charge in [-0.05, 0) is 12.2 Å². The zero-order valence-corrected chi connectivity index (χ0v) is 7.99. The van der Waals surface area contributed by atoms with Crippen molar-refractivity contribution in [2.24, 2.45) is 0 Å². The fourth-order valence-corrected chi connectivity index (χ4v) is 1.79. The highest BCUT2D eigenvalue weighted by Crippen LogP contribution is 2.53. The first-order chi connectivity index (χ1) is 6.88. The van der Waals surface area contributed by atoms with Gasteiger partial charge in [-0.25, -0.2) is 8.78 Å². The standard InChI is InChI=1S/C6H4F6O3S/c7-3-1-2-4(8,16(13,14)15)6(11,12)5(3,9)10/h1-3H,(H,13,14,15). The van der Waals surface area contributed by atoms with Gasteiger partial charge in [-0.3, -0.25) is 4.55 Å². The molecule has 0 amide bonds. The second-order valence-corrected chi connectivity index (χ2v) is 4.62. The first-order valence-corrected chi connectivity index (χ1v) is 5.07. The molecule has 2 unspecified atom stereocenters. The van der Waals surface area contributed by atoms with Crippen molar-refractivity contribution >= 4 is 10.1 Å². The van der Waals surface area contributed by atoms with Crippen LogP contribution in [0.25, 0.3) is 0 Å². The van der Waals surface area contributed by atoms with Crippen molar-refractivity contribution in [2.45, 2.75) is 23.0 Å². The summed E-state index contributed by atoms with van der Waals surface area (Å²) in [5.74, 6) is -11.5. The predicted octanol–water partition coefficient (Wildman–Crippen LogP) is 1.72. The molecule has 0 aromatic rings. The second kappa shape index (κ2) is 3.13. The zero-order valence-electron chi connectivity index (χ0n) is 7.17. The third kappa shape index (κ3) is 1.35. The summed E-state index contributed by atoms with van der Waals surface area (Å²) >= 11 is 0. The minimum atomic E-state index is -6.18. The second-order valence-electron chi connectivity index (χ2n) is 3.08. The van der Waals surface area contributed by atoms with Crippen molar-refractivity contribution in [1.82, 2.24) is 0 Å². The van der Waals surface area contributed by atoms with E-state index in [1.54, 1.807) is 0 Å². The zero-order chi connectivity index (χ0) is 13.0. The predicted molar refractivity (Wildman–Crippen MR) is 39.3 cm³/mol. The van der Waals surface area contributed by atoms with Crippen LogP contribution in [0.4, 0.5) is 26.3 Å². The highest BCUT2D eigenvalue weighted by Gasteiger charge is 2.78. The van der Waals surface area contributed by atoms with Crippen molar-refractivity contribution in [1.29, 1.82) is 0 Å². The molecule has 1 rings (SSSR count). The van der Waals surface area contributed by atoms with Crippen LogP contribution in [0.15, 0.2) is 12.2 Å². The van der Waals surface area contributed by atoms with Crippen LogP contribution >= 0.6 is 0 Å². The van der Waals surface area contributed by atoms with E-state index < -0.39 is 39.2 Å². The average molecular weight is 270 g/mol. The lowest BCUT2D eigenvalue weighted by atomic mass is 9.95. The summed E-state index contributed by atoms with van der Waals surface area (Å²) in [6.45, 7) is 0. The highest BCUT2D eigenvalue weighted by molar-refractivity contribution is 7.87. The van der Waals surface area contributed by atoms with Gasteiger partial charge in [0.15, 0.2) is 6.17 Å². The van der Waals surface area contributed by atoms with Crippen LogP contribution in [-0.4, -0.2) is 36.0 Å². The first kappa shape index (κ1) is 13.3. The number of hydrogen-bond acceptors (Lipinski definition) is 2. The highest BCUT2D eigenvalue weighted by atomic mass is 32.2. The monoisotopic (exact) mass is 270 g/mol. The molecule has 2 atom stereocenters. The van der Waals surface area contributed by atoms with Crippen molar-refractivity contribution in [2.75, 3.05) is 0 Å². The summed E-state index contributed by atoms with van der Waals surface area (Å²) in [6.07, 6.45) is -4.57. The molecule has 0 heterocycles. The van der Waals surface area contributed by atoms with Gasteiger partial charge in [0.2, 0.25) is 0 Å². The van der Waals surface area contributed by atoms with E-state index in [0.717, 1.165) is 0 Å². The fourth-order valence-electron chi connectivity index (χ4n) is 1.08. The van der Waals surface area contributed by atoms with E-state index in [0.29, 0.717) is 0 Å². The third-order valence-electron chi connectivity index (χ3n) is 2.05. The van der Waals surface area contributed by atoms with E-state index in [1.807, 2.05) is 0 Å². The summed E-state index contributed by atoms with van der Waals surface area (Å²) < 4.78 is 105. The van der Waals surface area contributed by atoms with Crippen LogP contribution in [0, 0.1) is 0 Å². The Balaban J connectivity index is 3.53. The lowest BCUT2D eigenvalue weighted by molar-refractivity contribution is -0.264. The maximum absolute atomic E-state index is 13.2. The summed E-state index contributed by atoms with van der Waals surface area (Å²) in [7, 11) is -6.18. The third-order valence-corrected chi connectivity index (χ3v) is 3.19. The van der Waals surface area contributed by atoms with E-state index in [4.69, 9.17) is 4.55 Å². The normalized spacial score (nSPS) is 37.3. The Morgan fingerprint density at radius 2 is 1.56 bits per heavy atom. The smallest absolute Gasteiger partial charge is 0.283 e. The molecule has 16 heavy (non-hydrogen) atoms. The van der Waals surface area contributed by atoms with Gasteiger partial charge in [-0.2, -0.15) is 26.0 Å². The Morgan fingerprint density at radius 1 is 1.12 bits per heavy atom. The Kier molecular flexibility index (Phi) is 2.60. The molecule has 1 aliphatic carbocycles. The Morgan fingerprint density at radius 3 is 1.94 bits per heavy atom. The molecule has 0 bridgehead atoms. The molecule has 3 nitrogen and oxygen atoms in total. The summed E-state index contributed by atoms with van der Waals surface area (Å²) in [5, 5.41) is -5.05. The molecule has 0 radical (unpaired) electrons. The van der Waals surface area contributed by atoms with Crippen LogP contribution in [0.3, 0.4) is 0 Å². The first-order valence-electron chi connectivity index (χ1n) is 3.63. The molecule has 1 aliphatic rings. The fraction of sp³-hybridized carbons (Fsp3) is 0.667. The number of halogens is 6. The van der Waals surface area contributed by atoms with E-state index in [2.05, 4.69) is 0 Å². The van der Waals surface area contributed by atoms with Crippen LogP contribution in [0.2, 0.25) is 0 Å². The van der Waals surface area contributed by atoms with Crippen LogP contribution in [0.5, 0.6) is 0 Å². The van der Waals surface area contributed by atoms with Gasteiger partial charge in [-0.15, -0.1) is 0 Å². The van der Waals surface area contributed by atoms with Crippen LogP contribution in [-0.2, 0) is 10.1 Å². The lowest BCUT2D eigenvalue weighted by Gasteiger charge is -2.37. The molecule has 94 valence electrons. The molecule has 0 saturated heterocycles. The SMILES string of the molecule is O=S(=O)(O)C1(F)C=CC(F)C(F)(F)C1(F)F. The van der Waals surface area contributed by atoms with Gasteiger partial charge in [-0.1, -0.05) is 0 Å². The van der Waals surface area contributed by atoms with Crippen molar-refractivity contribution in [3.63, 3.8) is 0 Å². The average Bonchev–Trinajstić information content (AvgIpc) is 2.08. The van der Waals surface area contributed by atoms with Crippen molar-refractivity contribution < 1.29 is 39.3 Å². The number of hydrogen-bond donors (Lipinski definition) is 1. The summed E-state index contributed by atoms with van der Waals surface area (Å²) in [6, 6.07) is 0. The molecule has 0 fully saturated rings. The van der Waals surface area contributed by atoms with Gasteiger partial charge in [0, 0.05) is 0 Å². The van der Waals surface area contributed by atoms with Gasteiger partial charge in [0.25, 0.3) is 0 Å². The Hall–Kier alpha value is -0.770. The minimum Gasteiger partial charge on any atom is -0.283 e. The van der Waals surface area contributed by atoms with Crippen LogP contribution in [0.1, 0.15) is 0 Å². The Labute approximate surface area is 85.5 Å². The van der Waals surface area contributed by atoms with Crippen molar-refractivity contribution in [3.8, 4) is 0 Å².